The molecule has 0 bridgehead atoms. The lowest BCUT2D eigenvalue weighted by atomic mass is 10.1. The summed E-state index contributed by atoms with van der Waals surface area (Å²) in [7, 11) is 0. The number of nitrogens with zero attached hydrogens (tertiary/aromatic N) is 1. The van der Waals surface area contributed by atoms with Gasteiger partial charge in [-0.2, -0.15) is 8.78 Å². The fourth-order valence-electron chi connectivity index (χ4n) is 2.45. The predicted octanol–water partition coefficient (Wildman–Crippen LogP) is 3.24. The molecule has 5 nitrogen and oxygen atoms in total. The molecule has 0 spiro atoms. The van der Waals surface area contributed by atoms with Crippen molar-refractivity contribution in [2.45, 2.75) is 10.7 Å². The lowest BCUT2D eigenvalue weighted by Crippen LogP contribution is -2.37. The van der Waals surface area contributed by atoms with Gasteiger partial charge in [-0.25, -0.2) is 0 Å². The monoisotopic (exact) mass is 362 g/mol. The summed E-state index contributed by atoms with van der Waals surface area (Å²) in [5.74, 6) is -4.10. The average Bonchev–Trinajstić information content (AvgIpc) is 2.82. The molecule has 1 N–H and O–H groups in total. The van der Waals surface area contributed by atoms with Gasteiger partial charge in [0, 0.05) is 10.6 Å². The van der Waals surface area contributed by atoms with Crippen molar-refractivity contribution in [2.24, 2.45) is 0 Å². The lowest BCUT2D eigenvalue weighted by molar-refractivity contribution is -0.116. The van der Waals surface area contributed by atoms with Crippen LogP contribution in [0.2, 0.25) is 0 Å². The molecule has 0 saturated heterocycles. The molecule has 1 heterocycles. The molecule has 0 atom stereocenters. The van der Waals surface area contributed by atoms with E-state index in [1.165, 1.54) is 36.4 Å². The van der Waals surface area contributed by atoms with Gasteiger partial charge in [0.25, 0.3) is 17.6 Å². The number of nitrogens with one attached hydrogen (secondary N) is 1. The van der Waals surface area contributed by atoms with Crippen LogP contribution >= 0.6 is 11.8 Å². The van der Waals surface area contributed by atoms with Crippen LogP contribution < -0.4 is 5.32 Å². The first-order valence-corrected chi connectivity index (χ1v) is 8.13. The van der Waals surface area contributed by atoms with Crippen LogP contribution in [-0.4, -0.2) is 34.9 Å². The number of carbonyl (C=O) groups excluding carboxylic acids is 3. The summed E-state index contributed by atoms with van der Waals surface area (Å²) in [6, 6.07) is 12.2. The van der Waals surface area contributed by atoms with Gasteiger partial charge in [0.15, 0.2) is 0 Å². The van der Waals surface area contributed by atoms with Gasteiger partial charge < -0.3 is 5.32 Å². The molecule has 0 saturated carbocycles. The van der Waals surface area contributed by atoms with E-state index in [9.17, 15) is 23.2 Å². The van der Waals surface area contributed by atoms with Crippen LogP contribution in [0.4, 0.5) is 14.5 Å². The van der Waals surface area contributed by atoms with E-state index in [-0.39, 0.29) is 11.1 Å². The van der Waals surface area contributed by atoms with Crippen molar-refractivity contribution in [3.05, 3.63) is 59.7 Å². The Bertz CT molecular complexity index is 805. The summed E-state index contributed by atoms with van der Waals surface area (Å²) >= 11 is 0.402. The van der Waals surface area contributed by atoms with Crippen LogP contribution in [0.25, 0.3) is 0 Å². The third-order valence-corrected chi connectivity index (χ3v) is 4.27. The quantitative estimate of drug-likeness (QED) is 0.655. The molecule has 1 aliphatic rings. The van der Waals surface area contributed by atoms with E-state index in [2.05, 4.69) is 5.32 Å². The van der Waals surface area contributed by atoms with Crippen LogP contribution in [0.15, 0.2) is 53.4 Å². The number of anilines is 1. The highest BCUT2D eigenvalue weighted by Gasteiger charge is 2.36. The highest BCUT2D eigenvalue weighted by Crippen LogP contribution is 2.26. The standard InChI is InChI=1S/C17H12F2N2O3S/c18-17(19)25-11-7-5-10(6-8-11)20-14(22)9-21-15(23)12-3-1-2-4-13(12)16(21)24/h1-8,17H,9H2,(H,20,22). The second-order valence-corrected chi connectivity index (χ2v) is 6.26. The molecule has 0 radical (unpaired) electrons. The second kappa shape index (κ2) is 7.02. The first-order chi connectivity index (χ1) is 12.0. The molecule has 2 aromatic carbocycles. The molecular weight excluding hydrogens is 350 g/mol. The van der Waals surface area contributed by atoms with Crippen molar-refractivity contribution in [3.63, 3.8) is 0 Å². The molecule has 128 valence electrons. The molecule has 0 aromatic heterocycles. The zero-order chi connectivity index (χ0) is 18.0. The predicted molar refractivity (Wildman–Crippen MR) is 88.7 cm³/mol. The number of hydrogen-bond donors (Lipinski definition) is 1. The largest absolute Gasteiger partial charge is 0.325 e. The van der Waals surface area contributed by atoms with Gasteiger partial charge in [0.05, 0.1) is 11.1 Å². The van der Waals surface area contributed by atoms with Crippen molar-refractivity contribution in [2.75, 3.05) is 11.9 Å². The molecular formula is C17H12F2N2O3S. The normalized spacial score (nSPS) is 13.3. The van der Waals surface area contributed by atoms with E-state index < -0.39 is 30.0 Å². The van der Waals surface area contributed by atoms with Gasteiger partial charge in [-0.3, -0.25) is 19.3 Å². The Kier molecular flexibility index (Phi) is 4.80. The van der Waals surface area contributed by atoms with Crippen LogP contribution in [0, 0.1) is 0 Å². The first kappa shape index (κ1) is 17.1. The Balaban J connectivity index is 1.64. The lowest BCUT2D eigenvalue weighted by Gasteiger charge is -2.13. The maximum atomic E-state index is 12.3. The van der Waals surface area contributed by atoms with Gasteiger partial charge in [-0.15, -0.1) is 0 Å². The first-order valence-electron chi connectivity index (χ1n) is 7.25. The van der Waals surface area contributed by atoms with Crippen LogP contribution in [-0.2, 0) is 4.79 Å². The average molecular weight is 362 g/mol. The van der Waals surface area contributed by atoms with Crippen LogP contribution in [0.5, 0.6) is 0 Å². The van der Waals surface area contributed by atoms with Gasteiger partial charge in [-0.05, 0) is 36.4 Å². The van der Waals surface area contributed by atoms with Crippen molar-refractivity contribution in [1.82, 2.24) is 4.90 Å². The number of rotatable bonds is 5. The van der Waals surface area contributed by atoms with Gasteiger partial charge >= 0.3 is 0 Å². The molecule has 25 heavy (non-hydrogen) atoms. The van der Waals surface area contributed by atoms with E-state index in [1.54, 1.807) is 12.1 Å². The third-order valence-electron chi connectivity index (χ3n) is 3.54. The fraction of sp³-hybridized carbons (Fsp3) is 0.118. The topological polar surface area (TPSA) is 66.5 Å². The Labute approximate surface area is 146 Å². The fourth-order valence-corrected chi connectivity index (χ4v) is 2.95. The number of carbonyl (C=O) groups is 3. The summed E-state index contributed by atoms with van der Waals surface area (Å²) in [6.45, 7) is -0.417. The van der Waals surface area contributed by atoms with Crippen molar-refractivity contribution >= 4 is 35.2 Å². The number of imide groups is 1. The summed E-state index contributed by atoms with van der Waals surface area (Å²) < 4.78 is 24.5. The highest BCUT2D eigenvalue weighted by molar-refractivity contribution is 7.99. The molecule has 1 aliphatic heterocycles. The van der Waals surface area contributed by atoms with E-state index in [1.807, 2.05) is 0 Å². The van der Waals surface area contributed by atoms with E-state index >= 15 is 0 Å². The number of thioether (sulfide) groups is 1. The minimum absolute atomic E-state index is 0.272. The number of alkyl halides is 2. The maximum Gasteiger partial charge on any atom is 0.288 e. The Morgan fingerprint density at radius 2 is 1.56 bits per heavy atom. The number of benzene rings is 2. The molecule has 8 heteroatoms. The smallest absolute Gasteiger partial charge is 0.288 e. The molecule has 2 aromatic rings. The Morgan fingerprint density at radius 1 is 1.00 bits per heavy atom. The van der Waals surface area contributed by atoms with Gasteiger partial charge in [0.2, 0.25) is 5.91 Å². The molecule has 0 unspecified atom stereocenters. The van der Waals surface area contributed by atoms with Crippen LogP contribution in [0.1, 0.15) is 20.7 Å². The summed E-state index contributed by atoms with van der Waals surface area (Å²) in [5, 5.41) is 2.54. The van der Waals surface area contributed by atoms with E-state index in [0.29, 0.717) is 22.3 Å². The number of halogens is 2. The van der Waals surface area contributed by atoms with E-state index in [4.69, 9.17) is 0 Å². The Morgan fingerprint density at radius 3 is 2.08 bits per heavy atom. The van der Waals surface area contributed by atoms with Crippen molar-refractivity contribution in [1.29, 1.82) is 0 Å². The van der Waals surface area contributed by atoms with E-state index in [0.717, 1.165) is 4.90 Å². The summed E-state index contributed by atoms with van der Waals surface area (Å²) in [6.07, 6.45) is 0. The van der Waals surface area contributed by atoms with Crippen molar-refractivity contribution in [3.8, 4) is 0 Å². The van der Waals surface area contributed by atoms with Gasteiger partial charge in [0.1, 0.15) is 6.54 Å². The Hall–Kier alpha value is -2.74. The zero-order valence-electron chi connectivity index (χ0n) is 12.7. The minimum Gasteiger partial charge on any atom is -0.325 e. The van der Waals surface area contributed by atoms with Crippen LogP contribution in [0.3, 0.4) is 0 Å². The molecule has 0 fully saturated rings. The molecule has 3 amide bonds. The highest BCUT2D eigenvalue weighted by atomic mass is 32.2. The summed E-state index contributed by atoms with van der Waals surface area (Å²) in [4.78, 5) is 37.7. The van der Waals surface area contributed by atoms with Gasteiger partial charge in [-0.1, -0.05) is 23.9 Å². The number of hydrogen-bond acceptors (Lipinski definition) is 4. The number of amides is 3. The van der Waals surface area contributed by atoms with Crippen molar-refractivity contribution < 1.29 is 23.2 Å². The summed E-state index contributed by atoms with van der Waals surface area (Å²) in [5.41, 5.74) is 0.933. The zero-order valence-corrected chi connectivity index (χ0v) is 13.6. The third kappa shape index (κ3) is 3.69. The maximum absolute atomic E-state index is 12.3. The number of fused-ring (bicyclic) bond motifs is 1. The molecule has 3 rings (SSSR count). The second-order valence-electron chi connectivity index (χ2n) is 5.19. The SMILES string of the molecule is O=C(CN1C(=O)c2ccccc2C1=O)Nc1ccc(SC(F)F)cc1. The molecule has 0 aliphatic carbocycles. The minimum atomic E-state index is -2.52.